The lowest BCUT2D eigenvalue weighted by Gasteiger charge is -2.28. The first-order valence-electron chi connectivity index (χ1n) is 11.9. The van der Waals surface area contributed by atoms with Gasteiger partial charge >= 0.3 is 12.1 Å². The average molecular weight is 536 g/mol. The number of phenolic OH excluding ortho intramolecular Hbond substituents is 1. The van der Waals surface area contributed by atoms with Crippen LogP contribution in [-0.2, 0) is 14.3 Å². The molecule has 4 rings (SSSR count). The first-order chi connectivity index (χ1) is 18.4. The molecule has 2 atom stereocenters. The Hall–Kier alpha value is -4.24. The summed E-state index contributed by atoms with van der Waals surface area (Å²) in [5.74, 6) is -1.57. The van der Waals surface area contributed by atoms with Gasteiger partial charge in [-0.05, 0) is 41.3 Å². The van der Waals surface area contributed by atoms with Gasteiger partial charge < -0.3 is 19.3 Å². The fourth-order valence-corrected chi connectivity index (χ4v) is 4.02. The van der Waals surface area contributed by atoms with Crippen LogP contribution < -0.4 is 10.1 Å². The molecule has 1 amide bonds. The second-order valence-electron chi connectivity index (χ2n) is 8.33. The molecule has 9 heteroatoms. The van der Waals surface area contributed by atoms with Crippen LogP contribution in [0.2, 0.25) is 0 Å². The molecule has 4 aromatic carbocycles. The number of esters is 1. The predicted molar refractivity (Wildman–Crippen MR) is 145 cm³/mol. The molecule has 4 aromatic rings. The highest BCUT2D eigenvalue weighted by molar-refractivity contribution is 7.81. The third-order valence-electron chi connectivity index (χ3n) is 5.72. The van der Waals surface area contributed by atoms with Gasteiger partial charge in [-0.2, -0.15) is 12.6 Å². The number of aromatic hydroxyl groups is 1. The zero-order chi connectivity index (χ0) is 26.9. The maximum absolute atomic E-state index is 14.4. The molecule has 0 radical (unpaired) electrons. The Kier molecular flexibility index (Phi) is 9.05. The number of thiol groups is 1. The third kappa shape index (κ3) is 6.95. The lowest BCUT2D eigenvalue weighted by atomic mass is 10.0. The quantitative estimate of drug-likeness (QED) is 0.163. The molecule has 0 unspecified atom stereocenters. The summed E-state index contributed by atoms with van der Waals surface area (Å²) in [7, 11) is 0. The number of para-hydroxylation sites is 1. The van der Waals surface area contributed by atoms with Crippen molar-refractivity contribution in [2.24, 2.45) is 0 Å². The molecule has 0 heterocycles. The number of carbonyl (C=O) groups is 2. The Labute approximate surface area is 224 Å². The van der Waals surface area contributed by atoms with Crippen molar-refractivity contribution in [1.29, 1.82) is 0 Å². The van der Waals surface area contributed by atoms with E-state index in [1.807, 2.05) is 42.5 Å². The largest absolute Gasteiger partial charge is 0.505 e. The zero-order valence-electron chi connectivity index (χ0n) is 20.2. The van der Waals surface area contributed by atoms with Crippen molar-refractivity contribution < 1.29 is 33.3 Å². The maximum Gasteiger partial charge on any atom is 0.412 e. The molecule has 0 saturated carbocycles. The summed E-state index contributed by atoms with van der Waals surface area (Å²) in [5, 5.41) is 14.2. The fourth-order valence-electron chi connectivity index (χ4n) is 3.93. The second kappa shape index (κ2) is 12.8. The minimum Gasteiger partial charge on any atom is -0.505 e. The number of hydrogen-bond donors (Lipinski definition) is 3. The zero-order valence-corrected chi connectivity index (χ0v) is 21.1. The van der Waals surface area contributed by atoms with Gasteiger partial charge in [0.2, 0.25) is 0 Å². The number of amides is 1. The van der Waals surface area contributed by atoms with Crippen LogP contribution in [0.4, 0.5) is 14.9 Å². The van der Waals surface area contributed by atoms with Crippen LogP contribution in [0, 0.1) is 5.82 Å². The summed E-state index contributed by atoms with van der Waals surface area (Å²) in [4.78, 5) is 24.8. The molecule has 0 aliphatic carbocycles. The van der Waals surface area contributed by atoms with Crippen molar-refractivity contribution in [3.8, 4) is 11.5 Å². The van der Waals surface area contributed by atoms with Crippen molar-refractivity contribution in [2.75, 3.05) is 17.7 Å². The van der Waals surface area contributed by atoms with Gasteiger partial charge in [0, 0.05) is 11.8 Å². The summed E-state index contributed by atoms with van der Waals surface area (Å²) >= 11 is 3.91. The van der Waals surface area contributed by atoms with E-state index >= 15 is 0 Å². The van der Waals surface area contributed by atoms with Gasteiger partial charge in [-0.25, -0.2) is 9.18 Å². The monoisotopic (exact) mass is 535 g/mol. The highest BCUT2D eigenvalue weighted by Crippen LogP contribution is 2.31. The Bertz CT molecular complexity index is 1400. The second-order valence-corrected chi connectivity index (χ2v) is 8.64. The number of rotatable bonds is 10. The molecule has 0 aromatic heterocycles. The van der Waals surface area contributed by atoms with E-state index in [9.17, 15) is 19.1 Å². The van der Waals surface area contributed by atoms with Gasteiger partial charge in [0.25, 0.3) is 0 Å². The van der Waals surface area contributed by atoms with E-state index in [1.54, 1.807) is 30.3 Å². The Morgan fingerprint density at radius 3 is 2.45 bits per heavy atom. The van der Waals surface area contributed by atoms with Crippen LogP contribution in [0.25, 0.3) is 10.8 Å². The Balaban J connectivity index is 1.64. The van der Waals surface area contributed by atoms with E-state index in [4.69, 9.17) is 14.2 Å². The molecule has 196 valence electrons. The Morgan fingerprint density at radius 2 is 1.68 bits per heavy atom. The molecule has 0 aliphatic rings. The van der Waals surface area contributed by atoms with Crippen molar-refractivity contribution >= 4 is 41.2 Å². The van der Waals surface area contributed by atoms with E-state index in [2.05, 4.69) is 17.9 Å². The van der Waals surface area contributed by atoms with E-state index in [-0.39, 0.29) is 24.3 Å². The molecule has 7 nitrogen and oxygen atoms in total. The minimum atomic E-state index is -1.13. The summed E-state index contributed by atoms with van der Waals surface area (Å²) in [6.07, 6.45) is -2.69. The topological polar surface area (TPSA) is 94.1 Å². The summed E-state index contributed by atoms with van der Waals surface area (Å²) in [5.41, 5.74) is 0.779. The molecule has 2 N–H and O–H groups in total. The van der Waals surface area contributed by atoms with Crippen molar-refractivity contribution in [1.82, 2.24) is 0 Å². The lowest BCUT2D eigenvalue weighted by molar-refractivity contribution is -0.141. The number of halogens is 1. The third-order valence-corrected chi connectivity index (χ3v) is 5.98. The van der Waals surface area contributed by atoms with Crippen LogP contribution in [0.15, 0.2) is 91.0 Å². The first kappa shape index (κ1) is 26.8. The molecule has 0 aliphatic heterocycles. The molecular weight excluding hydrogens is 509 g/mol. The predicted octanol–water partition coefficient (Wildman–Crippen LogP) is 6.29. The van der Waals surface area contributed by atoms with Crippen LogP contribution in [-0.4, -0.2) is 35.6 Å². The highest BCUT2D eigenvalue weighted by atomic mass is 32.1. The molecule has 0 fully saturated rings. The molecule has 38 heavy (non-hydrogen) atoms. The summed E-state index contributed by atoms with van der Waals surface area (Å²) in [6, 6.07) is 25.5. The van der Waals surface area contributed by atoms with E-state index in [1.165, 1.54) is 12.1 Å². The molecule has 0 bridgehead atoms. The van der Waals surface area contributed by atoms with Crippen LogP contribution in [0.5, 0.6) is 11.5 Å². The maximum atomic E-state index is 14.4. The van der Waals surface area contributed by atoms with Gasteiger partial charge in [0.15, 0.2) is 17.7 Å². The number of phenols is 1. The number of nitrogens with one attached hydrogen (secondary N) is 1. The SMILES string of the molecule is O=C(CS)OCC[C@@H](Oc1ccccc1)[C@H](OC(=O)Nc1cccc2ccccc12)c1ccc(O)c(F)c1. The highest BCUT2D eigenvalue weighted by Gasteiger charge is 2.30. The van der Waals surface area contributed by atoms with E-state index in [0.29, 0.717) is 11.4 Å². The number of benzene rings is 4. The van der Waals surface area contributed by atoms with E-state index < -0.39 is 35.8 Å². The number of anilines is 1. The van der Waals surface area contributed by atoms with Gasteiger partial charge in [0.1, 0.15) is 11.9 Å². The van der Waals surface area contributed by atoms with Crippen LogP contribution in [0.1, 0.15) is 18.1 Å². The molecule has 0 spiro atoms. The fraction of sp³-hybridized carbons (Fsp3) is 0.172. The molecular formula is C29H26FNO6S. The van der Waals surface area contributed by atoms with Gasteiger partial charge in [-0.1, -0.05) is 60.7 Å². The molecule has 0 saturated heterocycles. The van der Waals surface area contributed by atoms with E-state index in [0.717, 1.165) is 16.8 Å². The number of ether oxygens (including phenoxy) is 3. The number of carbonyl (C=O) groups excluding carboxylic acids is 2. The summed E-state index contributed by atoms with van der Waals surface area (Å²) < 4.78 is 31.5. The van der Waals surface area contributed by atoms with Crippen molar-refractivity contribution in [2.45, 2.75) is 18.6 Å². The first-order valence-corrected chi connectivity index (χ1v) is 12.5. The van der Waals surface area contributed by atoms with Crippen LogP contribution in [0.3, 0.4) is 0 Å². The number of fused-ring (bicyclic) bond motifs is 1. The summed E-state index contributed by atoms with van der Waals surface area (Å²) in [6.45, 7) is -0.0533. The van der Waals surface area contributed by atoms with Gasteiger partial charge in [-0.15, -0.1) is 0 Å². The van der Waals surface area contributed by atoms with Gasteiger partial charge in [0.05, 0.1) is 18.0 Å². The number of hydrogen-bond acceptors (Lipinski definition) is 7. The minimum absolute atomic E-state index is 0.0533. The Morgan fingerprint density at radius 1 is 0.947 bits per heavy atom. The van der Waals surface area contributed by atoms with Crippen LogP contribution >= 0.6 is 12.6 Å². The van der Waals surface area contributed by atoms with Crippen molar-refractivity contribution in [3.63, 3.8) is 0 Å². The van der Waals surface area contributed by atoms with Crippen molar-refractivity contribution in [3.05, 3.63) is 102 Å². The standard InChI is InChI=1S/C29H26FNO6S/c30-23-17-20(13-14-25(23)32)28(26(15-16-35-27(33)18-38)36-21-9-2-1-3-10-21)37-29(34)31-24-12-6-8-19-7-4-5-11-22(19)24/h1-14,17,26,28,32,38H,15-16,18H2,(H,31,34)/t26-,28-/m1/s1. The lowest BCUT2D eigenvalue weighted by Crippen LogP contribution is -2.32. The smallest absolute Gasteiger partial charge is 0.412 e. The van der Waals surface area contributed by atoms with Gasteiger partial charge in [-0.3, -0.25) is 10.1 Å². The average Bonchev–Trinajstić information content (AvgIpc) is 2.93. The normalized spacial score (nSPS) is 12.4.